The molecule has 0 saturated heterocycles. The zero-order valence-electron chi connectivity index (χ0n) is 10.1. The van der Waals surface area contributed by atoms with Gasteiger partial charge in [-0.3, -0.25) is 0 Å². The van der Waals surface area contributed by atoms with Crippen LogP contribution >= 0.6 is 15.9 Å². The molecule has 0 atom stereocenters. The van der Waals surface area contributed by atoms with Crippen LogP contribution in [0.15, 0.2) is 28.7 Å². The molecule has 0 amide bonds. The monoisotopic (exact) mass is 308 g/mol. The SMILES string of the molecule is CC(C)n1c(/C=C/C(=O)O)nc2cc(Br)ccc21. The van der Waals surface area contributed by atoms with Gasteiger partial charge in [-0.25, -0.2) is 9.78 Å². The maximum Gasteiger partial charge on any atom is 0.328 e. The predicted octanol–water partition coefficient (Wildman–Crippen LogP) is 3.48. The number of nitrogens with zero attached hydrogens (tertiary/aromatic N) is 2. The third-order valence-corrected chi connectivity index (χ3v) is 3.06. The fraction of sp³-hybridized carbons (Fsp3) is 0.231. The lowest BCUT2D eigenvalue weighted by Gasteiger charge is -2.10. The average Bonchev–Trinajstić information content (AvgIpc) is 2.63. The van der Waals surface area contributed by atoms with E-state index in [0.29, 0.717) is 5.82 Å². The van der Waals surface area contributed by atoms with Gasteiger partial charge >= 0.3 is 5.97 Å². The Balaban J connectivity index is 2.64. The van der Waals surface area contributed by atoms with Crippen molar-refractivity contribution in [3.63, 3.8) is 0 Å². The van der Waals surface area contributed by atoms with Crippen LogP contribution in [0.25, 0.3) is 17.1 Å². The molecular weight excluding hydrogens is 296 g/mol. The van der Waals surface area contributed by atoms with Gasteiger partial charge in [0.1, 0.15) is 5.82 Å². The van der Waals surface area contributed by atoms with E-state index in [4.69, 9.17) is 5.11 Å². The Morgan fingerprint density at radius 1 is 1.50 bits per heavy atom. The summed E-state index contributed by atoms with van der Waals surface area (Å²) < 4.78 is 2.97. The zero-order chi connectivity index (χ0) is 13.3. The van der Waals surface area contributed by atoms with E-state index < -0.39 is 5.97 Å². The fourth-order valence-electron chi connectivity index (χ4n) is 1.90. The molecule has 4 nitrogen and oxygen atoms in total. The van der Waals surface area contributed by atoms with Crippen molar-refractivity contribution in [2.45, 2.75) is 19.9 Å². The molecule has 0 saturated carbocycles. The zero-order valence-corrected chi connectivity index (χ0v) is 11.7. The first-order chi connectivity index (χ1) is 8.49. The van der Waals surface area contributed by atoms with E-state index in [2.05, 4.69) is 20.9 Å². The largest absolute Gasteiger partial charge is 0.478 e. The third kappa shape index (κ3) is 2.46. The van der Waals surface area contributed by atoms with Gasteiger partial charge in [-0.1, -0.05) is 15.9 Å². The highest BCUT2D eigenvalue weighted by molar-refractivity contribution is 9.10. The minimum absolute atomic E-state index is 0.213. The number of hydrogen-bond donors (Lipinski definition) is 1. The second-order valence-corrected chi connectivity index (χ2v) is 5.15. The van der Waals surface area contributed by atoms with Gasteiger partial charge in [0.25, 0.3) is 0 Å². The number of carboxylic acids is 1. The van der Waals surface area contributed by atoms with Gasteiger partial charge in [0.05, 0.1) is 11.0 Å². The van der Waals surface area contributed by atoms with Gasteiger partial charge in [0.15, 0.2) is 0 Å². The van der Waals surface area contributed by atoms with Crippen molar-refractivity contribution in [2.75, 3.05) is 0 Å². The molecule has 0 aliphatic heterocycles. The molecule has 2 aromatic rings. The molecule has 94 valence electrons. The molecule has 1 heterocycles. The number of hydrogen-bond acceptors (Lipinski definition) is 2. The standard InChI is InChI=1S/C13H13BrN2O2/c1-8(2)16-11-4-3-9(14)7-10(11)15-12(16)5-6-13(17)18/h3-8H,1-2H3,(H,17,18)/b6-5+. The molecule has 1 aromatic carbocycles. The molecule has 1 N–H and O–H groups in total. The average molecular weight is 309 g/mol. The number of aromatic nitrogens is 2. The van der Waals surface area contributed by atoms with Crippen molar-refractivity contribution in [3.8, 4) is 0 Å². The number of rotatable bonds is 3. The number of carbonyl (C=O) groups is 1. The van der Waals surface area contributed by atoms with Gasteiger partial charge in [-0.2, -0.15) is 0 Å². The Bertz CT molecular complexity index is 629. The van der Waals surface area contributed by atoms with Crippen molar-refractivity contribution in [1.82, 2.24) is 9.55 Å². The molecule has 0 aliphatic carbocycles. The van der Waals surface area contributed by atoms with E-state index in [9.17, 15) is 4.79 Å². The highest BCUT2D eigenvalue weighted by Gasteiger charge is 2.11. The summed E-state index contributed by atoms with van der Waals surface area (Å²) in [5.41, 5.74) is 1.85. The summed E-state index contributed by atoms with van der Waals surface area (Å²) in [4.78, 5) is 15.0. The predicted molar refractivity (Wildman–Crippen MR) is 74.5 cm³/mol. The second kappa shape index (κ2) is 4.94. The van der Waals surface area contributed by atoms with Crippen LogP contribution in [0.4, 0.5) is 0 Å². The number of fused-ring (bicyclic) bond motifs is 1. The van der Waals surface area contributed by atoms with Crippen LogP contribution in [-0.4, -0.2) is 20.6 Å². The number of aliphatic carboxylic acids is 1. The minimum atomic E-state index is -0.974. The Kier molecular flexibility index (Phi) is 3.52. The number of halogens is 1. The highest BCUT2D eigenvalue weighted by Crippen LogP contribution is 2.24. The second-order valence-electron chi connectivity index (χ2n) is 4.24. The van der Waals surface area contributed by atoms with Crippen LogP contribution in [0.2, 0.25) is 0 Å². The van der Waals surface area contributed by atoms with E-state index in [-0.39, 0.29) is 6.04 Å². The van der Waals surface area contributed by atoms with Crippen LogP contribution in [0, 0.1) is 0 Å². The van der Waals surface area contributed by atoms with Gasteiger partial charge < -0.3 is 9.67 Å². The molecule has 1 aromatic heterocycles. The van der Waals surface area contributed by atoms with E-state index >= 15 is 0 Å². The lowest BCUT2D eigenvalue weighted by molar-refractivity contribution is -0.131. The molecule has 0 radical (unpaired) electrons. The summed E-state index contributed by atoms with van der Waals surface area (Å²) in [6.45, 7) is 4.09. The smallest absolute Gasteiger partial charge is 0.328 e. The minimum Gasteiger partial charge on any atom is -0.478 e. The molecule has 0 aliphatic rings. The van der Waals surface area contributed by atoms with Crippen molar-refractivity contribution in [3.05, 3.63) is 34.6 Å². The Morgan fingerprint density at radius 3 is 2.83 bits per heavy atom. The number of carboxylic acid groups (broad SMARTS) is 1. The maximum atomic E-state index is 10.6. The Labute approximate surface area is 113 Å². The summed E-state index contributed by atoms with van der Waals surface area (Å²) >= 11 is 3.40. The van der Waals surface area contributed by atoms with E-state index in [1.807, 2.05) is 36.6 Å². The van der Waals surface area contributed by atoms with Crippen LogP contribution in [0.3, 0.4) is 0 Å². The summed E-state index contributed by atoms with van der Waals surface area (Å²) in [7, 11) is 0. The normalized spacial score (nSPS) is 11.8. The lowest BCUT2D eigenvalue weighted by atomic mass is 10.3. The first kappa shape index (κ1) is 12.8. The Hall–Kier alpha value is -1.62. The first-order valence-corrected chi connectivity index (χ1v) is 6.37. The van der Waals surface area contributed by atoms with Crippen molar-refractivity contribution < 1.29 is 9.90 Å². The molecule has 0 spiro atoms. The quantitative estimate of drug-likeness (QED) is 0.883. The van der Waals surface area contributed by atoms with Crippen LogP contribution in [-0.2, 0) is 4.79 Å². The summed E-state index contributed by atoms with van der Waals surface area (Å²) in [6, 6.07) is 6.06. The third-order valence-electron chi connectivity index (χ3n) is 2.57. The Morgan fingerprint density at radius 2 is 2.22 bits per heavy atom. The summed E-state index contributed by atoms with van der Waals surface area (Å²) in [6.07, 6.45) is 2.63. The van der Waals surface area contributed by atoms with Crippen LogP contribution in [0.1, 0.15) is 25.7 Å². The molecule has 5 heteroatoms. The maximum absolute atomic E-state index is 10.6. The lowest BCUT2D eigenvalue weighted by Crippen LogP contribution is -2.03. The van der Waals surface area contributed by atoms with E-state index in [1.165, 1.54) is 6.08 Å². The molecular formula is C13H13BrN2O2. The first-order valence-electron chi connectivity index (χ1n) is 5.57. The van der Waals surface area contributed by atoms with Crippen molar-refractivity contribution in [1.29, 1.82) is 0 Å². The molecule has 0 bridgehead atoms. The molecule has 0 fully saturated rings. The molecule has 2 rings (SSSR count). The van der Waals surface area contributed by atoms with E-state index in [0.717, 1.165) is 21.6 Å². The highest BCUT2D eigenvalue weighted by atomic mass is 79.9. The van der Waals surface area contributed by atoms with Gasteiger partial charge in [-0.05, 0) is 38.1 Å². The molecule has 18 heavy (non-hydrogen) atoms. The topological polar surface area (TPSA) is 55.1 Å². The van der Waals surface area contributed by atoms with Gasteiger partial charge in [0.2, 0.25) is 0 Å². The van der Waals surface area contributed by atoms with Crippen molar-refractivity contribution >= 4 is 39.0 Å². The number of imidazole rings is 1. The van der Waals surface area contributed by atoms with Gasteiger partial charge in [-0.15, -0.1) is 0 Å². The van der Waals surface area contributed by atoms with E-state index in [1.54, 1.807) is 0 Å². The van der Waals surface area contributed by atoms with Crippen molar-refractivity contribution in [2.24, 2.45) is 0 Å². The van der Waals surface area contributed by atoms with Crippen LogP contribution in [0.5, 0.6) is 0 Å². The summed E-state index contributed by atoms with van der Waals surface area (Å²) in [5.74, 6) is -0.320. The number of benzene rings is 1. The van der Waals surface area contributed by atoms with Crippen LogP contribution < -0.4 is 0 Å². The fourth-order valence-corrected chi connectivity index (χ4v) is 2.25. The summed E-state index contributed by atoms with van der Waals surface area (Å²) in [5, 5.41) is 8.69. The van der Waals surface area contributed by atoms with Gasteiger partial charge in [0, 0.05) is 16.6 Å². The molecule has 0 unspecified atom stereocenters.